The number of carboxylic acid groups (broad SMARTS) is 1. The normalized spacial score (nSPS) is 30.1. The van der Waals surface area contributed by atoms with Crippen LogP contribution < -0.4 is 0 Å². The Bertz CT molecular complexity index is 464. The van der Waals surface area contributed by atoms with Gasteiger partial charge in [-0.3, -0.25) is 4.90 Å². The Hall–Kier alpha value is -1.07. The monoisotopic (exact) mass is 311 g/mol. The summed E-state index contributed by atoms with van der Waals surface area (Å²) >= 11 is 0. The highest BCUT2D eigenvalue weighted by atomic mass is 16.5. The smallest absolute Gasteiger partial charge is 0.410 e. The van der Waals surface area contributed by atoms with E-state index in [0.29, 0.717) is 5.92 Å². The third-order valence-electron chi connectivity index (χ3n) is 5.14. The molecule has 1 aliphatic heterocycles. The summed E-state index contributed by atoms with van der Waals surface area (Å²) in [5.74, 6) is 0.607. The van der Waals surface area contributed by atoms with Crippen LogP contribution in [0.15, 0.2) is 11.6 Å². The number of ether oxygens (including phenoxy) is 1. The molecule has 3 atom stereocenters. The number of nitrogens with zero attached hydrogens (tertiary/aromatic N) is 1. The fourth-order valence-electron chi connectivity index (χ4n) is 3.59. The zero-order valence-electron chi connectivity index (χ0n) is 14.3. The van der Waals surface area contributed by atoms with Crippen molar-refractivity contribution in [1.82, 2.24) is 4.90 Å². The lowest BCUT2D eigenvalue weighted by Gasteiger charge is -2.37. The minimum absolute atomic E-state index is 0.237. The van der Waals surface area contributed by atoms with Gasteiger partial charge in [0, 0.05) is 0 Å². The molecule has 5 nitrogen and oxygen atoms in total. The molecule has 22 heavy (non-hydrogen) atoms. The van der Waals surface area contributed by atoms with Crippen molar-refractivity contribution < 1.29 is 19.7 Å². The summed E-state index contributed by atoms with van der Waals surface area (Å²) in [6.45, 7) is 10.4. The lowest BCUT2D eigenvalue weighted by molar-refractivity contribution is -0.0454. The highest BCUT2D eigenvalue weighted by Gasteiger charge is 2.47. The number of hydrogen-bond acceptors (Lipinski definition) is 3. The maximum absolute atomic E-state index is 11.5. The van der Waals surface area contributed by atoms with Gasteiger partial charge in [-0.1, -0.05) is 26.8 Å². The van der Waals surface area contributed by atoms with Gasteiger partial charge in [0.25, 0.3) is 0 Å². The van der Waals surface area contributed by atoms with E-state index in [1.165, 1.54) is 4.90 Å². The zero-order valence-corrected chi connectivity index (χ0v) is 14.3. The van der Waals surface area contributed by atoms with Crippen LogP contribution in [0.2, 0.25) is 0 Å². The van der Waals surface area contributed by atoms with Crippen molar-refractivity contribution >= 4 is 6.09 Å². The van der Waals surface area contributed by atoms with Crippen molar-refractivity contribution in [2.45, 2.75) is 71.8 Å². The summed E-state index contributed by atoms with van der Waals surface area (Å²) in [6, 6.07) is -0.523. The molecule has 2 N–H and O–H groups in total. The van der Waals surface area contributed by atoms with Crippen molar-refractivity contribution in [2.24, 2.45) is 11.3 Å². The third-order valence-corrected chi connectivity index (χ3v) is 5.14. The first-order valence-electron chi connectivity index (χ1n) is 8.07. The van der Waals surface area contributed by atoms with Gasteiger partial charge in [-0.05, 0) is 50.0 Å². The van der Waals surface area contributed by atoms with E-state index in [9.17, 15) is 15.0 Å². The maximum Gasteiger partial charge on any atom is 0.410 e. The van der Waals surface area contributed by atoms with Crippen LogP contribution in [0.5, 0.6) is 0 Å². The Morgan fingerprint density at radius 3 is 2.55 bits per heavy atom. The van der Waals surface area contributed by atoms with Gasteiger partial charge in [0.1, 0.15) is 5.72 Å². The van der Waals surface area contributed by atoms with Gasteiger partial charge < -0.3 is 14.9 Å². The van der Waals surface area contributed by atoms with E-state index >= 15 is 0 Å². The molecule has 0 radical (unpaired) electrons. The first-order chi connectivity index (χ1) is 10.0. The largest absolute Gasteiger partial charge is 0.465 e. The molecule has 0 bridgehead atoms. The molecule has 2 aliphatic rings. The van der Waals surface area contributed by atoms with E-state index in [1.54, 1.807) is 13.8 Å². The van der Waals surface area contributed by atoms with Crippen LogP contribution in [0.4, 0.5) is 4.79 Å². The molecule has 0 aromatic rings. The summed E-state index contributed by atoms with van der Waals surface area (Å²) in [7, 11) is 0. The summed E-state index contributed by atoms with van der Waals surface area (Å²) in [5, 5.41) is 20.1. The second-order valence-corrected chi connectivity index (χ2v) is 8.04. The summed E-state index contributed by atoms with van der Waals surface area (Å²) in [6.07, 6.45) is 3.09. The van der Waals surface area contributed by atoms with Crippen molar-refractivity contribution in [2.75, 3.05) is 6.61 Å². The van der Waals surface area contributed by atoms with Crippen LogP contribution in [-0.2, 0) is 4.74 Å². The number of amides is 1. The molecule has 126 valence electrons. The average molecular weight is 311 g/mol. The van der Waals surface area contributed by atoms with Gasteiger partial charge in [-0.25, -0.2) is 4.79 Å². The first kappa shape index (κ1) is 17.3. The maximum atomic E-state index is 11.5. The van der Waals surface area contributed by atoms with Crippen LogP contribution in [0.3, 0.4) is 0 Å². The zero-order chi connectivity index (χ0) is 16.7. The molecule has 1 amide bonds. The minimum atomic E-state index is -1.05. The Morgan fingerprint density at radius 2 is 2.09 bits per heavy atom. The standard InChI is InChI=1S/C17H29NO4/c1-16(2,3)12-8-6-11(7-9-12)14(19)13-10-22-17(4,5)18(13)15(20)21/h6,12-14,19H,7-10H2,1-5H3,(H,20,21)/t12-,13?,14?/m0/s1. The quantitative estimate of drug-likeness (QED) is 0.768. The molecular formula is C17H29NO4. The summed E-state index contributed by atoms with van der Waals surface area (Å²) < 4.78 is 5.57. The molecule has 1 aliphatic carbocycles. The van der Waals surface area contributed by atoms with E-state index in [-0.39, 0.29) is 12.0 Å². The highest BCUT2D eigenvalue weighted by molar-refractivity contribution is 5.67. The van der Waals surface area contributed by atoms with Gasteiger partial charge >= 0.3 is 6.09 Å². The number of hydrogen-bond donors (Lipinski definition) is 2. The number of allylic oxidation sites excluding steroid dienone is 1. The summed E-state index contributed by atoms with van der Waals surface area (Å²) in [5.41, 5.74) is 0.331. The van der Waals surface area contributed by atoms with E-state index < -0.39 is 24.0 Å². The molecule has 2 rings (SSSR count). The Balaban J connectivity index is 2.11. The van der Waals surface area contributed by atoms with Crippen LogP contribution in [-0.4, -0.2) is 45.7 Å². The lowest BCUT2D eigenvalue weighted by Crippen LogP contribution is -2.51. The SMILES string of the molecule is CC(C)(C)[C@H]1CC=C(C(O)C2COC(C)(C)N2C(=O)O)CC1. The number of rotatable bonds is 2. The molecule has 0 saturated carbocycles. The molecule has 1 saturated heterocycles. The van der Waals surface area contributed by atoms with Crippen LogP contribution in [0, 0.1) is 11.3 Å². The molecule has 0 spiro atoms. The minimum Gasteiger partial charge on any atom is -0.465 e. The van der Waals surface area contributed by atoms with Crippen molar-refractivity contribution in [3.8, 4) is 0 Å². The molecule has 1 fully saturated rings. The second kappa shape index (κ2) is 5.85. The highest BCUT2D eigenvalue weighted by Crippen LogP contribution is 2.39. The van der Waals surface area contributed by atoms with E-state index in [1.807, 2.05) is 0 Å². The van der Waals surface area contributed by atoms with Crippen LogP contribution in [0.25, 0.3) is 0 Å². The molecule has 5 heteroatoms. The molecule has 0 aromatic heterocycles. The predicted octanol–water partition coefficient (Wildman–Crippen LogP) is 3.23. The Labute approximate surface area is 133 Å². The molecule has 0 aromatic carbocycles. The van der Waals surface area contributed by atoms with Gasteiger partial charge in [-0.15, -0.1) is 0 Å². The van der Waals surface area contributed by atoms with E-state index in [0.717, 1.165) is 24.8 Å². The van der Waals surface area contributed by atoms with Crippen molar-refractivity contribution in [3.05, 3.63) is 11.6 Å². The van der Waals surface area contributed by atoms with Gasteiger partial charge in [0.2, 0.25) is 0 Å². The first-order valence-corrected chi connectivity index (χ1v) is 8.07. The molecule has 2 unspecified atom stereocenters. The van der Waals surface area contributed by atoms with Crippen molar-refractivity contribution in [1.29, 1.82) is 0 Å². The van der Waals surface area contributed by atoms with Crippen LogP contribution >= 0.6 is 0 Å². The number of aliphatic hydroxyl groups excluding tert-OH is 1. The van der Waals surface area contributed by atoms with Crippen molar-refractivity contribution in [3.63, 3.8) is 0 Å². The molecular weight excluding hydrogens is 282 g/mol. The Morgan fingerprint density at radius 1 is 1.45 bits per heavy atom. The topological polar surface area (TPSA) is 70.0 Å². The van der Waals surface area contributed by atoms with Gasteiger partial charge in [0.05, 0.1) is 18.8 Å². The number of carbonyl (C=O) groups is 1. The van der Waals surface area contributed by atoms with Gasteiger partial charge in [0.15, 0.2) is 0 Å². The fraction of sp³-hybridized carbons (Fsp3) is 0.824. The second-order valence-electron chi connectivity index (χ2n) is 8.04. The predicted molar refractivity (Wildman–Crippen MR) is 84.6 cm³/mol. The fourth-order valence-corrected chi connectivity index (χ4v) is 3.59. The lowest BCUT2D eigenvalue weighted by atomic mass is 9.72. The third kappa shape index (κ3) is 3.30. The van der Waals surface area contributed by atoms with Gasteiger partial charge in [-0.2, -0.15) is 0 Å². The van der Waals surface area contributed by atoms with Crippen LogP contribution in [0.1, 0.15) is 53.9 Å². The van der Waals surface area contributed by atoms with E-state index in [2.05, 4.69) is 26.8 Å². The summed E-state index contributed by atoms with van der Waals surface area (Å²) in [4.78, 5) is 12.8. The Kier molecular flexibility index (Phi) is 4.60. The average Bonchev–Trinajstić information content (AvgIpc) is 2.72. The molecule has 1 heterocycles. The number of aliphatic hydroxyl groups is 1. The van der Waals surface area contributed by atoms with E-state index in [4.69, 9.17) is 4.74 Å².